The standard InChI is InChI=1S/C27H23N5O3/c1-2-20(18-10-5-3-6-11-18)26(34)29-24-16-22(23-14-9-15-35-23)31-32(24)27-28-21(17-25(33)30-27)19-12-7-4-8-13-19/h3-17,20H,2H2,1H3,(H,29,34)(H,28,30,33). The van der Waals surface area contributed by atoms with E-state index in [1.807, 2.05) is 67.6 Å². The Morgan fingerprint density at radius 2 is 1.74 bits per heavy atom. The van der Waals surface area contributed by atoms with E-state index in [1.54, 1.807) is 24.5 Å². The lowest BCUT2D eigenvalue weighted by Crippen LogP contribution is -2.23. The number of anilines is 1. The number of nitrogens with one attached hydrogen (secondary N) is 2. The summed E-state index contributed by atoms with van der Waals surface area (Å²) in [5.74, 6) is 0.527. The number of hydrogen-bond acceptors (Lipinski definition) is 5. The van der Waals surface area contributed by atoms with Gasteiger partial charge in [0.2, 0.25) is 11.9 Å². The van der Waals surface area contributed by atoms with Crippen molar-refractivity contribution in [3.63, 3.8) is 0 Å². The number of furan rings is 1. The number of benzene rings is 2. The zero-order valence-electron chi connectivity index (χ0n) is 19.0. The van der Waals surface area contributed by atoms with E-state index in [0.29, 0.717) is 29.4 Å². The van der Waals surface area contributed by atoms with Gasteiger partial charge in [0.05, 0.1) is 17.9 Å². The highest BCUT2D eigenvalue weighted by molar-refractivity contribution is 5.95. The number of nitrogens with zero attached hydrogens (tertiary/aromatic N) is 3. The van der Waals surface area contributed by atoms with Crippen LogP contribution < -0.4 is 10.9 Å². The molecule has 1 atom stereocenters. The Bertz CT molecular complexity index is 1490. The normalized spacial score (nSPS) is 11.8. The van der Waals surface area contributed by atoms with Gasteiger partial charge in [0.1, 0.15) is 11.5 Å². The highest BCUT2D eigenvalue weighted by Gasteiger charge is 2.22. The molecular formula is C27H23N5O3. The van der Waals surface area contributed by atoms with E-state index in [9.17, 15) is 9.59 Å². The number of carbonyl (C=O) groups is 1. The van der Waals surface area contributed by atoms with Crippen molar-refractivity contribution < 1.29 is 9.21 Å². The van der Waals surface area contributed by atoms with Gasteiger partial charge in [0, 0.05) is 17.7 Å². The summed E-state index contributed by atoms with van der Waals surface area (Å²) >= 11 is 0. The summed E-state index contributed by atoms with van der Waals surface area (Å²) in [7, 11) is 0. The Balaban J connectivity index is 1.57. The molecule has 5 rings (SSSR count). The van der Waals surface area contributed by atoms with E-state index in [0.717, 1.165) is 11.1 Å². The second-order valence-corrected chi connectivity index (χ2v) is 7.98. The molecule has 0 bridgehead atoms. The van der Waals surface area contributed by atoms with E-state index < -0.39 is 0 Å². The Hall–Kier alpha value is -4.72. The lowest BCUT2D eigenvalue weighted by Gasteiger charge is -2.16. The van der Waals surface area contributed by atoms with Crippen molar-refractivity contribution in [2.45, 2.75) is 19.3 Å². The van der Waals surface area contributed by atoms with Crippen LogP contribution in [0.5, 0.6) is 0 Å². The van der Waals surface area contributed by atoms with Gasteiger partial charge in [-0.2, -0.15) is 9.78 Å². The maximum absolute atomic E-state index is 13.3. The number of rotatable bonds is 7. The summed E-state index contributed by atoms with van der Waals surface area (Å²) in [6.07, 6.45) is 2.17. The van der Waals surface area contributed by atoms with Gasteiger partial charge in [0.25, 0.3) is 5.56 Å². The molecule has 0 aliphatic rings. The molecule has 0 spiro atoms. The van der Waals surface area contributed by atoms with Crippen molar-refractivity contribution in [3.05, 3.63) is 107 Å². The fourth-order valence-corrected chi connectivity index (χ4v) is 3.95. The minimum Gasteiger partial charge on any atom is -0.463 e. The first-order chi connectivity index (χ1) is 17.1. The van der Waals surface area contributed by atoms with Crippen molar-refractivity contribution in [1.82, 2.24) is 19.7 Å². The third kappa shape index (κ3) is 4.67. The van der Waals surface area contributed by atoms with Crippen LogP contribution in [0, 0.1) is 0 Å². The van der Waals surface area contributed by atoms with Crippen molar-refractivity contribution in [2.24, 2.45) is 0 Å². The molecule has 3 aromatic heterocycles. The minimum atomic E-state index is -0.353. The van der Waals surface area contributed by atoms with Crippen LogP contribution in [0.15, 0.2) is 100 Å². The number of amides is 1. The maximum Gasteiger partial charge on any atom is 0.252 e. The highest BCUT2D eigenvalue weighted by atomic mass is 16.3. The highest BCUT2D eigenvalue weighted by Crippen LogP contribution is 2.27. The van der Waals surface area contributed by atoms with Crippen LogP contribution in [0.1, 0.15) is 24.8 Å². The molecule has 1 amide bonds. The summed E-state index contributed by atoms with van der Waals surface area (Å²) in [4.78, 5) is 33.2. The van der Waals surface area contributed by atoms with Gasteiger partial charge in [-0.15, -0.1) is 0 Å². The Morgan fingerprint density at radius 1 is 1.00 bits per heavy atom. The molecular weight excluding hydrogens is 442 g/mol. The van der Waals surface area contributed by atoms with Crippen LogP contribution in [0.4, 0.5) is 5.82 Å². The quantitative estimate of drug-likeness (QED) is 0.351. The van der Waals surface area contributed by atoms with Gasteiger partial charge < -0.3 is 9.73 Å². The number of aromatic nitrogens is 4. The number of carbonyl (C=O) groups excluding carboxylic acids is 1. The molecule has 8 heteroatoms. The fraction of sp³-hybridized carbons (Fsp3) is 0.111. The lowest BCUT2D eigenvalue weighted by atomic mass is 9.96. The first kappa shape index (κ1) is 22.1. The summed E-state index contributed by atoms with van der Waals surface area (Å²) in [5.41, 5.74) is 2.36. The van der Waals surface area contributed by atoms with Crippen LogP contribution in [0.2, 0.25) is 0 Å². The fourth-order valence-electron chi connectivity index (χ4n) is 3.95. The van der Waals surface area contributed by atoms with E-state index in [2.05, 4.69) is 20.4 Å². The van der Waals surface area contributed by atoms with E-state index in [1.165, 1.54) is 10.7 Å². The van der Waals surface area contributed by atoms with Crippen LogP contribution in [0.25, 0.3) is 28.7 Å². The zero-order valence-corrected chi connectivity index (χ0v) is 19.0. The van der Waals surface area contributed by atoms with Gasteiger partial charge in [0.15, 0.2) is 5.76 Å². The molecule has 0 saturated carbocycles. The molecule has 0 saturated heterocycles. The minimum absolute atomic E-state index is 0.178. The second kappa shape index (κ2) is 9.64. The molecule has 3 heterocycles. The predicted octanol–water partition coefficient (Wildman–Crippen LogP) is 5.01. The van der Waals surface area contributed by atoms with Gasteiger partial charge in [-0.05, 0) is 24.1 Å². The molecule has 2 N–H and O–H groups in total. The maximum atomic E-state index is 13.3. The second-order valence-electron chi connectivity index (χ2n) is 7.98. The zero-order chi connectivity index (χ0) is 24.2. The van der Waals surface area contributed by atoms with Gasteiger partial charge in [-0.1, -0.05) is 67.6 Å². The first-order valence-electron chi connectivity index (χ1n) is 11.3. The van der Waals surface area contributed by atoms with E-state index >= 15 is 0 Å². The molecule has 2 aromatic carbocycles. The third-order valence-corrected chi connectivity index (χ3v) is 5.66. The van der Waals surface area contributed by atoms with Crippen molar-refractivity contribution in [1.29, 1.82) is 0 Å². The average Bonchev–Trinajstić information content (AvgIpc) is 3.56. The largest absolute Gasteiger partial charge is 0.463 e. The van der Waals surface area contributed by atoms with Crippen molar-refractivity contribution in [3.8, 4) is 28.7 Å². The average molecular weight is 466 g/mol. The third-order valence-electron chi connectivity index (χ3n) is 5.66. The van der Waals surface area contributed by atoms with E-state index in [-0.39, 0.29) is 23.3 Å². The molecule has 5 aromatic rings. The Labute approximate surface area is 201 Å². The van der Waals surface area contributed by atoms with Crippen molar-refractivity contribution >= 4 is 11.7 Å². The Kier molecular flexibility index (Phi) is 6.09. The Morgan fingerprint density at radius 3 is 2.43 bits per heavy atom. The molecule has 0 aliphatic carbocycles. The molecule has 8 nitrogen and oxygen atoms in total. The van der Waals surface area contributed by atoms with Crippen molar-refractivity contribution in [2.75, 3.05) is 5.32 Å². The topological polar surface area (TPSA) is 106 Å². The van der Waals surface area contributed by atoms with Crippen LogP contribution in [-0.4, -0.2) is 25.7 Å². The first-order valence-corrected chi connectivity index (χ1v) is 11.3. The molecule has 174 valence electrons. The molecule has 0 fully saturated rings. The summed E-state index contributed by atoms with van der Waals surface area (Å²) in [6, 6.07) is 25.6. The SMILES string of the molecule is CCC(C(=O)Nc1cc(-c2ccco2)nn1-c1nc(-c2ccccc2)cc(=O)[nH]1)c1ccccc1. The lowest BCUT2D eigenvalue weighted by molar-refractivity contribution is -0.117. The van der Waals surface area contributed by atoms with Crippen LogP contribution in [-0.2, 0) is 4.79 Å². The molecule has 0 aliphatic heterocycles. The smallest absolute Gasteiger partial charge is 0.252 e. The van der Waals surface area contributed by atoms with Crippen LogP contribution in [0.3, 0.4) is 0 Å². The summed E-state index contributed by atoms with van der Waals surface area (Å²) < 4.78 is 6.92. The summed E-state index contributed by atoms with van der Waals surface area (Å²) in [6.45, 7) is 1.96. The monoisotopic (exact) mass is 465 g/mol. The molecule has 0 radical (unpaired) electrons. The predicted molar refractivity (Wildman–Crippen MR) is 133 cm³/mol. The summed E-state index contributed by atoms with van der Waals surface area (Å²) in [5, 5.41) is 7.56. The number of hydrogen-bond donors (Lipinski definition) is 2. The van der Waals surface area contributed by atoms with Gasteiger partial charge >= 0.3 is 0 Å². The molecule has 35 heavy (non-hydrogen) atoms. The van der Waals surface area contributed by atoms with E-state index in [4.69, 9.17) is 4.42 Å². The van der Waals surface area contributed by atoms with Gasteiger partial charge in [-0.25, -0.2) is 4.98 Å². The number of H-pyrrole nitrogens is 1. The van der Waals surface area contributed by atoms with Crippen LogP contribution >= 0.6 is 0 Å². The molecule has 1 unspecified atom stereocenters. The van der Waals surface area contributed by atoms with Gasteiger partial charge in [-0.3, -0.25) is 14.6 Å². The number of aromatic amines is 1.